The normalized spacial score (nSPS) is 18.0. The van der Waals surface area contributed by atoms with E-state index in [2.05, 4.69) is 61.2 Å². The lowest BCUT2D eigenvalue weighted by Crippen LogP contribution is -2.45. The molecule has 0 saturated carbocycles. The summed E-state index contributed by atoms with van der Waals surface area (Å²) in [5, 5.41) is 10.2. The molecule has 5 nitrogen and oxygen atoms in total. The molecule has 0 bridgehead atoms. The van der Waals surface area contributed by atoms with Gasteiger partial charge in [-0.25, -0.2) is 4.98 Å². The quantitative estimate of drug-likeness (QED) is 0.647. The molecule has 0 radical (unpaired) electrons. The fraction of sp³-hybridized carbons (Fsp3) is 0.444. The fourth-order valence-corrected chi connectivity index (χ4v) is 3.62. The van der Waals surface area contributed by atoms with Crippen LogP contribution in [0.5, 0.6) is 0 Å². The molecule has 2 aromatic rings. The molecule has 6 heteroatoms. The van der Waals surface area contributed by atoms with E-state index in [-0.39, 0.29) is 0 Å². The third-order valence-corrected chi connectivity index (χ3v) is 5.04. The molecule has 1 atom stereocenters. The molecule has 1 aliphatic rings. The highest BCUT2D eigenvalue weighted by atomic mass is 32.1. The van der Waals surface area contributed by atoms with Gasteiger partial charge in [0.05, 0.1) is 10.7 Å². The minimum atomic E-state index is 0.429. The van der Waals surface area contributed by atoms with E-state index in [1.54, 1.807) is 11.3 Å². The Morgan fingerprint density at radius 1 is 1.38 bits per heavy atom. The third kappa shape index (κ3) is 4.47. The second-order valence-electron chi connectivity index (χ2n) is 6.02. The minimum Gasteiger partial charge on any atom is -0.369 e. The van der Waals surface area contributed by atoms with Gasteiger partial charge in [0.2, 0.25) is 0 Å². The number of thiazole rings is 1. The Morgan fingerprint density at radius 3 is 2.92 bits per heavy atom. The summed E-state index contributed by atoms with van der Waals surface area (Å²) in [7, 11) is 1.83. The molecule has 1 unspecified atom stereocenters. The largest absolute Gasteiger partial charge is 0.369 e. The van der Waals surface area contributed by atoms with E-state index in [0.717, 1.165) is 49.1 Å². The first-order valence-corrected chi connectivity index (χ1v) is 9.31. The molecule has 1 aliphatic heterocycles. The van der Waals surface area contributed by atoms with E-state index >= 15 is 0 Å². The van der Waals surface area contributed by atoms with E-state index in [1.165, 1.54) is 5.69 Å². The van der Waals surface area contributed by atoms with Crippen LogP contribution >= 0.6 is 11.3 Å². The molecule has 0 amide bonds. The van der Waals surface area contributed by atoms with Crippen molar-refractivity contribution in [3.8, 4) is 0 Å². The van der Waals surface area contributed by atoms with Gasteiger partial charge in [-0.15, -0.1) is 11.3 Å². The average Bonchev–Trinajstić information content (AvgIpc) is 3.24. The van der Waals surface area contributed by atoms with Crippen LogP contribution in [0.25, 0.3) is 0 Å². The number of aliphatic imine (C=N–C) groups is 1. The zero-order chi connectivity index (χ0) is 16.8. The lowest BCUT2D eigenvalue weighted by Gasteiger charge is -2.20. The molecule has 128 valence electrons. The maximum Gasteiger partial charge on any atom is 0.191 e. The Balaban J connectivity index is 1.44. The number of benzene rings is 1. The molecule has 1 aromatic heterocycles. The van der Waals surface area contributed by atoms with Crippen molar-refractivity contribution in [1.82, 2.24) is 15.6 Å². The van der Waals surface area contributed by atoms with Gasteiger partial charge in [0, 0.05) is 50.2 Å². The van der Waals surface area contributed by atoms with Gasteiger partial charge in [-0.1, -0.05) is 18.2 Å². The van der Waals surface area contributed by atoms with Crippen molar-refractivity contribution in [3.05, 3.63) is 46.4 Å². The Hall–Kier alpha value is -2.08. The van der Waals surface area contributed by atoms with Crippen LogP contribution in [0.3, 0.4) is 0 Å². The molecule has 1 fully saturated rings. The molecule has 1 saturated heterocycles. The molecule has 24 heavy (non-hydrogen) atoms. The van der Waals surface area contributed by atoms with Crippen molar-refractivity contribution in [3.63, 3.8) is 0 Å². The molecule has 1 aromatic carbocycles. The second kappa shape index (κ2) is 8.15. The van der Waals surface area contributed by atoms with Crippen LogP contribution < -0.4 is 15.5 Å². The number of para-hydroxylation sites is 1. The summed E-state index contributed by atoms with van der Waals surface area (Å²) in [5.74, 6) is 0.877. The topological polar surface area (TPSA) is 52.6 Å². The van der Waals surface area contributed by atoms with Crippen molar-refractivity contribution in [2.24, 2.45) is 4.99 Å². The molecular weight excluding hydrogens is 318 g/mol. The maximum atomic E-state index is 4.49. The Labute approximate surface area is 147 Å². The zero-order valence-corrected chi connectivity index (χ0v) is 15.1. The number of hydrogen-bond acceptors (Lipinski definition) is 4. The number of nitrogens with one attached hydrogen (secondary N) is 2. The standard InChI is InChI=1S/C18H25N5S/c1-14-21-16(13-24-14)8-10-20-18(19-2)22-15-9-11-23(12-15)17-6-4-3-5-7-17/h3-7,13,15H,8-12H2,1-2H3,(H2,19,20,22). The number of aryl methyl sites for hydroxylation is 1. The number of anilines is 1. The maximum absolute atomic E-state index is 4.49. The second-order valence-corrected chi connectivity index (χ2v) is 7.08. The van der Waals surface area contributed by atoms with Crippen LogP contribution in [0.15, 0.2) is 40.7 Å². The van der Waals surface area contributed by atoms with Crippen LogP contribution in [-0.4, -0.2) is 43.7 Å². The lowest BCUT2D eigenvalue weighted by atomic mass is 10.2. The Kier molecular flexibility index (Phi) is 5.69. The van der Waals surface area contributed by atoms with Crippen molar-refractivity contribution >= 4 is 23.0 Å². The molecule has 0 aliphatic carbocycles. The van der Waals surface area contributed by atoms with Crippen molar-refractivity contribution < 1.29 is 0 Å². The number of rotatable bonds is 5. The first-order valence-electron chi connectivity index (χ1n) is 8.43. The molecule has 3 rings (SSSR count). The Morgan fingerprint density at radius 2 is 2.21 bits per heavy atom. The first kappa shape index (κ1) is 16.8. The van der Waals surface area contributed by atoms with E-state index in [9.17, 15) is 0 Å². The number of hydrogen-bond donors (Lipinski definition) is 2. The fourth-order valence-electron chi connectivity index (χ4n) is 2.97. The van der Waals surface area contributed by atoms with Gasteiger partial charge in [0.1, 0.15) is 0 Å². The summed E-state index contributed by atoms with van der Waals surface area (Å²) >= 11 is 1.70. The minimum absolute atomic E-state index is 0.429. The predicted molar refractivity (Wildman–Crippen MR) is 102 cm³/mol. The van der Waals surface area contributed by atoms with Crippen LogP contribution in [0.4, 0.5) is 5.69 Å². The molecule has 2 heterocycles. The summed E-state index contributed by atoms with van der Waals surface area (Å²) in [6.45, 7) is 4.98. The van der Waals surface area contributed by atoms with E-state index in [1.807, 2.05) is 14.0 Å². The SMILES string of the molecule is CN=C(NCCc1csc(C)n1)NC1CCN(c2ccccc2)C1. The van der Waals surface area contributed by atoms with E-state index < -0.39 is 0 Å². The number of aromatic nitrogens is 1. The predicted octanol–water partition coefficient (Wildman–Crippen LogP) is 2.44. The summed E-state index contributed by atoms with van der Waals surface area (Å²) < 4.78 is 0. The van der Waals surface area contributed by atoms with Gasteiger partial charge in [0.15, 0.2) is 5.96 Å². The summed E-state index contributed by atoms with van der Waals surface area (Å²) in [6.07, 6.45) is 2.05. The summed E-state index contributed by atoms with van der Waals surface area (Å²) in [5.41, 5.74) is 2.44. The van der Waals surface area contributed by atoms with Crippen molar-refractivity contribution in [2.75, 3.05) is 31.6 Å². The van der Waals surface area contributed by atoms with E-state index in [4.69, 9.17) is 0 Å². The molecular formula is C18H25N5S. The van der Waals surface area contributed by atoms with Gasteiger partial charge in [-0.2, -0.15) is 0 Å². The zero-order valence-electron chi connectivity index (χ0n) is 14.3. The van der Waals surface area contributed by atoms with Crippen molar-refractivity contribution in [1.29, 1.82) is 0 Å². The highest BCUT2D eigenvalue weighted by Crippen LogP contribution is 2.19. The first-order chi connectivity index (χ1) is 11.7. The van der Waals surface area contributed by atoms with Crippen LogP contribution in [0, 0.1) is 6.92 Å². The highest BCUT2D eigenvalue weighted by Gasteiger charge is 2.23. The number of nitrogens with zero attached hydrogens (tertiary/aromatic N) is 3. The number of guanidine groups is 1. The monoisotopic (exact) mass is 343 g/mol. The average molecular weight is 344 g/mol. The van der Waals surface area contributed by atoms with Gasteiger partial charge in [0.25, 0.3) is 0 Å². The van der Waals surface area contributed by atoms with Gasteiger partial charge < -0.3 is 15.5 Å². The molecule has 0 spiro atoms. The van der Waals surface area contributed by atoms with Gasteiger partial charge >= 0.3 is 0 Å². The Bertz CT molecular complexity index is 667. The highest BCUT2D eigenvalue weighted by molar-refractivity contribution is 7.09. The van der Waals surface area contributed by atoms with Gasteiger partial charge in [-0.05, 0) is 25.5 Å². The van der Waals surface area contributed by atoms with Crippen LogP contribution in [0.2, 0.25) is 0 Å². The smallest absolute Gasteiger partial charge is 0.191 e. The lowest BCUT2D eigenvalue weighted by molar-refractivity contribution is 0.647. The summed E-state index contributed by atoms with van der Waals surface area (Å²) in [4.78, 5) is 11.3. The third-order valence-electron chi connectivity index (χ3n) is 4.21. The van der Waals surface area contributed by atoms with E-state index in [0.29, 0.717) is 6.04 Å². The van der Waals surface area contributed by atoms with Crippen LogP contribution in [-0.2, 0) is 6.42 Å². The van der Waals surface area contributed by atoms with Crippen molar-refractivity contribution in [2.45, 2.75) is 25.8 Å². The van der Waals surface area contributed by atoms with Gasteiger partial charge in [-0.3, -0.25) is 4.99 Å². The summed E-state index contributed by atoms with van der Waals surface area (Å²) in [6, 6.07) is 11.0. The molecule has 2 N–H and O–H groups in total. The van der Waals surface area contributed by atoms with Crippen LogP contribution in [0.1, 0.15) is 17.1 Å².